The van der Waals surface area contributed by atoms with Gasteiger partial charge in [0, 0.05) is 25.9 Å². The molecule has 15 heavy (non-hydrogen) atoms. The minimum absolute atomic E-state index is 0.262. The van der Waals surface area contributed by atoms with E-state index in [9.17, 15) is 4.79 Å². The van der Waals surface area contributed by atoms with Crippen LogP contribution in [-0.4, -0.2) is 24.4 Å². The van der Waals surface area contributed by atoms with Crippen LogP contribution in [0.5, 0.6) is 0 Å². The van der Waals surface area contributed by atoms with Crippen molar-refractivity contribution in [1.29, 1.82) is 0 Å². The highest BCUT2D eigenvalue weighted by molar-refractivity contribution is 5.79. The number of benzene rings is 1. The minimum Gasteiger partial charge on any atom is -0.345 e. The van der Waals surface area contributed by atoms with E-state index in [-0.39, 0.29) is 5.91 Å². The lowest BCUT2D eigenvalue weighted by molar-refractivity contribution is -0.126. The lowest BCUT2D eigenvalue weighted by Gasteiger charge is -2.12. The molecule has 2 nitrogen and oxygen atoms in total. The van der Waals surface area contributed by atoms with Crippen molar-refractivity contribution in [2.45, 2.75) is 26.2 Å². The van der Waals surface area contributed by atoms with E-state index < -0.39 is 0 Å². The standard InChI is InChI=1S/C13H17NO/c1-9-4-5-11(6-10(9)2)12-7-13(15)14(3)8-12/h4-6,12H,7-8H2,1-3H3. The lowest BCUT2D eigenvalue weighted by atomic mass is 9.95. The number of likely N-dealkylation sites (tertiary alicyclic amines) is 1. The summed E-state index contributed by atoms with van der Waals surface area (Å²) in [5.41, 5.74) is 3.93. The van der Waals surface area contributed by atoms with Gasteiger partial charge in [0.05, 0.1) is 0 Å². The van der Waals surface area contributed by atoms with Crippen LogP contribution in [0, 0.1) is 13.8 Å². The summed E-state index contributed by atoms with van der Waals surface area (Å²) in [6, 6.07) is 6.51. The van der Waals surface area contributed by atoms with Crippen LogP contribution in [0.15, 0.2) is 18.2 Å². The molecule has 1 aromatic rings. The number of hydrogen-bond acceptors (Lipinski definition) is 1. The molecule has 1 saturated heterocycles. The molecule has 0 spiro atoms. The predicted molar refractivity (Wildman–Crippen MR) is 60.9 cm³/mol. The van der Waals surface area contributed by atoms with Crippen molar-refractivity contribution in [1.82, 2.24) is 4.90 Å². The molecule has 1 aromatic carbocycles. The molecule has 1 fully saturated rings. The number of hydrogen-bond donors (Lipinski definition) is 0. The SMILES string of the molecule is Cc1ccc(C2CC(=O)N(C)C2)cc1C. The van der Waals surface area contributed by atoms with Crippen molar-refractivity contribution < 1.29 is 4.79 Å². The number of carbonyl (C=O) groups excluding carboxylic acids is 1. The Morgan fingerprint density at radius 1 is 1.27 bits per heavy atom. The fourth-order valence-electron chi connectivity index (χ4n) is 2.11. The van der Waals surface area contributed by atoms with Crippen LogP contribution in [-0.2, 0) is 4.79 Å². The Balaban J connectivity index is 2.24. The van der Waals surface area contributed by atoms with Crippen LogP contribution in [0.3, 0.4) is 0 Å². The smallest absolute Gasteiger partial charge is 0.223 e. The number of aryl methyl sites for hydroxylation is 2. The lowest BCUT2D eigenvalue weighted by Crippen LogP contribution is -2.18. The number of likely N-dealkylation sites (N-methyl/N-ethyl adjacent to an activating group) is 1. The number of amides is 1. The van der Waals surface area contributed by atoms with Gasteiger partial charge in [-0.25, -0.2) is 0 Å². The third-order valence-corrected chi connectivity index (χ3v) is 3.34. The fraction of sp³-hybridized carbons (Fsp3) is 0.462. The summed E-state index contributed by atoms with van der Waals surface area (Å²) in [5, 5.41) is 0. The highest BCUT2D eigenvalue weighted by atomic mass is 16.2. The van der Waals surface area contributed by atoms with E-state index in [2.05, 4.69) is 32.0 Å². The Kier molecular flexibility index (Phi) is 2.51. The molecule has 1 aliphatic rings. The van der Waals surface area contributed by atoms with Crippen LogP contribution in [0.4, 0.5) is 0 Å². The van der Waals surface area contributed by atoms with Crippen molar-refractivity contribution >= 4 is 5.91 Å². The zero-order chi connectivity index (χ0) is 11.0. The molecule has 1 heterocycles. The predicted octanol–water partition coefficient (Wildman–Crippen LogP) is 2.25. The number of nitrogens with zero attached hydrogens (tertiary/aromatic N) is 1. The molecule has 0 aromatic heterocycles. The molecule has 2 heteroatoms. The molecule has 80 valence electrons. The van der Waals surface area contributed by atoms with Crippen LogP contribution in [0.2, 0.25) is 0 Å². The summed E-state index contributed by atoms with van der Waals surface area (Å²) in [4.78, 5) is 13.3. The minimum atomic E-state index is 0.262. The Morgan fingerprint density at radius 3 is 2.53 bits per heavy atom. The van der Waals surface area contributed by atoms with Crippen LogP contribution in [0.25, 0.3) is 0 Å². The van der Waals surface area contributed by atoms with Gasteiger partial charge in [0.2, 0.25) is 5.91 Å². The Labute approximate surface area is 90.9 Å². The van der Waals surface area contributed by atoms with E-state index in [1.54, 1.807) is 0 Å². The second kappa shape index (κ2) is 3.69. The normalized spacial score (nSPS) is 21.1. The van der Waals surface area contributed by atoms with E-state index in [0.717, 1.165) is 6.54 Å². The van der Waals surface area contributed by atoms with Gasteiger partial charge < -0.3 is 4.90 Å². The maximum atomic E-state index is 11.4. The highest BCUT2D eigenvalue weighted by Crippen LogP contribution is 2.28. The van der Waals surface area contributed by atoms with Crippen molar-refractivity contribution in [2.75, 3.05) is 13.6 Å². The molecule has 1 amide bonds. The highest BCUT2D eigenvalue weighted by Gasteiger charge is 2.27. The van der Waals surface area contributed by atoms with Crippen molar-refractivity contribution in [3.8, 4) is 0 Å². The molecule has 1 aliphatic heterocycles. The van der Waals surface area contributed by atoms with Gasteiger partial charge in [-0.3, -0.25) is 4.79 Å². The summed E-state index contributed by atoms with van der Waals surface area (Å²) < 4.78 is 0. The van der Waals surface area contributed by atoms with Crippen LogP contribution >= 0.6 is 0 Å². The molecular weight excluding hydrogens is 186 g/mol. The van der Waals surface area contributed by atoms with E-state index in [1.165, 1.54) is 16.7 Å². The maximum Gasteiger partial charge on any atom is 0.223 e. The van der Waals surface area contributed by atoms with Gasteiger partial charge >= 0.3 is 0 Å². The first-order valence-electron chi connectivity index (χ1n) is 5.39. The summed E-state index contributed by atoms with van der Waals surface area (Å²) in [5.74, 6) is 0.653. The topological polar surface area (TPSA) is 20.3 Å². The van der Waals surface area contributed by atoms with E-state index in [1.807, 2.05) is 11.9 Å². The fourth-order valence-corrected chi connectivity index (χ4v) is 2.11. The quantitative estimate of drug-likeness (QED) is 0.685. The van der Waals surface area contributed by atoms with Gasteiger partial charge in [0.25, 0.3) is 0 Å². The Bertz CT molecular complexity index is 398. The van der Waals surface area contributed by atoms with Gasteiger partial charge in [0.1, 0.15) is 0 Å². The third-order valence-electron chi connectivity index (χ3n) is 3.34. The summed E-state index contributed by atoms with van der Waals surface area (Å²) >= 11 is 0. The van der Waals surface area contributed by atoms with Gasteiger partial charge in [0.15, 0.2) is 0 Å². The average molecular weight is 203 g/mol. The van der Waals surface area contributed by atoms with Crippen LogP contribution in [0.1, 0.15) is 29.0 Å². The summed E-state index contributed by atoms with van der Waals surface area (Å²) in [6.45, 7) is 5.10. The van der Waals surface area contributed by atoms with Crippen molar-refractivity contribution in [3.63, 3.8) is 0 Å². The molecule has 0 bridgehead atoms. The van der Waals surface area contributed by atoms with Crippen molar-refractivity contribution in [3.05, 3.63) is 34.9 Å². The van der Waals surface area contributed by atoms with E-state index in [4.69, 9.17) is 0 Å². The summed E-state index contributed by atoms with van der Waals surface area (Å²) in [7, 11) is 1.88. The van der Waals surface area contributed by atoms with Crippen LogP contribution < -0.4 is 0 Å². The third kappa shape index (κ3) is 1.89. The van der Waals surface area contributed by atoms with E-state index in [0.29, 0.717) is 12.3 Å². The van der Waals surface area contributed by atoms with Crippen molar-refractivity contribution in [2.24, 2.45) is 0 Å². The number of carbonyl (C=O) groups is 1. The Morgan fingerprint density at radius 2 is 2.00 bits per heavy atom. The molecule has 0 aliphatic carbocycles. The summed E-state index contributed by atoms with van der Waals surface area (Å²) in [6.07, 6.45) is 0.666. The largest absolute Gasteiger partial charge is 0.345 e. The first kappa shape index (κ1) is 10.2. The molecule has 2 rings (SSSR count). The molecule has 0 N–H and O–H groups in total. The molecule has 0 saturated carbocycles. The average Bonchev–Trinajstić information content (AvgIpc) is 2.52. The molecule has 1 atom stereocenters. The Hall–Kier alpha value is -1.31. The van der Waals surface area contributed by atoms with Gasteiger partial charge in [-0.1, -0.05) is 18.2 Å². The first-order valence-corrected chi connectivity index (χ1v) is 5.39. The second-order valence-corrected chi connectivity index (χ2v) is 4.52. The van der Waals surface area contributed by atoms with Gasteiger partial charge in [-0.2, -0.15) is 0 Å². The second-order valence-electron chi connectivity index (χ2n) is 4.52. The molecular formula is C13H17NO. The number of rotatable bonds is 1. The zero-order valence-corrected chi connectivity index (χ0v) is 9.58. The molecule has 1 unspecified atom stereocenters. The maximum absolute atomic E-state index is 11.4. The van der Waals surface area contributed by atoms with Gasteiger partial charge in [-0.05, 0) is 30.5 Å². The van der Waals surface area contributed by atoms with E-state index >= 15 is 0 Å². The first-order chi connectivity index (χ1) is 7.08. The monoisotopic (exact) mass is 203 g/mol. The zero-order valence-electron chi connectivity index (χ0n) is 9.58. The van der Waals surface area contributed by atoms with Gasteiger partial charge in [-0.15, -0.1) is 0 Å². The molecule has 0 radical (unpaired) electrons.